The number of carbonyl (C=O) groups excluding carboxylic acids is 1. The molecular formula is C24H26FN3O3. The molecule has 6 nitrogen and oxygen atoms in total. The number of H-pyrrole nitrogens is 1. The van der Waals surface area contributed by atoms with Crippen LogP contribution in [0, 0.1) is 5.82 Å². The third-order valence-corrected chi connectivity index (χ3v) is 5.79. The van der Waals surface area contributed by atoms with Crippen molar-refractivity contribution in [1.82, 2.24) is 15.1 Å². The van der Waals surface area contributed by atoms with Crippen molar-refractivity contribution in [2.75, 3.05) is 27.3 Å². The molecule has 0 spiro atoms. The van der Waals surface area contributed by atoms with E-state index in [9.17, 15) is 9.18 Å². The topological polar surface area (TPSA) is 67.5 Å². The van der Waals surface area contributed by atoms with Crippen molar-refractivity contribution in [2.45, 2.75) is 25.2 Å². The largest absolute Gasteiger partial charge is 0.497 e. The van der Waals surface area contributed by atoms with Gasteiger partial charge in [0.05, 0.1) is 19.9 Å². The van der Waals surface area contributed by atoms with E-state index in [4.69, 9.17) is 9.47 Å². The fraction of sp³-hybridized carbons (Fsp3) is 0.333. The van der Waals surface area contributed by atoms with E-state index >= 15 is 0 Å². The summed E-state index contributed by atoms with van der Waals surface area (Å²) >= 11 is 0. The number of ether oxygens (including phenoxy) is 2. The van der Waals surface area contributed by atoms with Crippen molar-refractivity contribution in [3.8, 4) is 22.8 Å². The van der Waals surface area contributed by atoms with E-state index in [-0.39, 0.29) is 17.6 Å². The van der Waals surface area contributed by atoms with Gasteiger partial charge in [0, 0.05) is 24.6 Å². The molecule has 0 saturated carbocycles. The molecule has 1 aromatic heterocycles. The summed E-state index contributed by atoms with van der Waals surface area (Å²) < 4.78 is 24.1. The van der Waals surface area contributed by atoms with Gasteiger partial charge in [-0.25, -0.2) is 4.39 Å². The van der Waals surface area contributed by atoms with E-state index in [2.05, 4.69) is 10.2 Å². The van der Waals surface area contributed by atoms with Gasteiger partial charge in [-0.05, 0) is 54.8 Å². The Kier molecular flexibility index (Phi) is 6.21. The molecule has 2 heterocycles. The Morgan fingerprint density at radius 2 is 1.90 bits per heavy atom. The number of aromatic nitrogens is 2. The van der Waals surface area contributed by atoms with Crippen molar-refractivity contribution >= 4 is 5.91 Å². The summed E-state index contributed by atoms with van der Waals surface area (Å²) in [6, 6.07) is 13.8. The number of methoxy groups -OCH3 is 2. The van der Waals surface area contributed by atoms with Crippen LogP contribution in [-0.4, -0.2) is 48.3 Å². The van der Waals surface area contributed by atoms with E-state index in [1.165, 1.54) is 12.1 Å². The second-order valence-electron chi connectivity index (χ2n) is 7.73. The molecule has 1 amide bonds. The summed E-state index contributed by atoms with van der Waals surface area (Å²) in [4.78, 5) is 15.1. The van der Waals surface area contributed by atoms with Crippen molar-refractivity contribution in [3.05, 3.63) is 65.6 Å². The maximum Gasteiger partial charge on any atom is 0.271 e. The number of benzene rings is 2. The number of likely N-dealkylation sites (tertiary alicyclic amines) is 1. The summed E-state index contributed by atoms with van der Waals surface area (Å²) in [6.45, 7) is 1.29. The number of aromatic amines is 1. The van der Waals surface area contributed by atoms with Crippen molar-refractivity contribution in [3.63, 3.8) is 0 Å². The molecule has 7 heteroatoms. The van der Waals surface area contributed by atoms with Gasteiger partial charge in [-0.2, -0.15) is 5.10 Å². The molecule has 3 aromatic rings. The molecule has 1 atom stereocenters. The highest BCUT2D eigenvalue weighted by atomic mass is 19.1. The van der Waals surface area contributed by atoms with Crippen molar-refractivity contribution < 1.29 is 18.7 Å². The number of halogens is 1. The van der Waals surface area contributed by atoms with Crippen LogP contribution in [0.5, 0.6) is 11.5 Å². The molecule has 4 rings (SSSR count). The van der Waals surface area contributed by atoms with E-state index in [0.29, 0.717) is 36.0 Å². The second-order valence-corrected chi connectivity index (χ2v) is 7.73. The van der Waals surface area contributed by atoms with Crippen LogP contribution >= 0.6 is 0 Å². The third kappa shape index (κ3) is 4.55. The van der Waals surface area contributed by atoms with Gasteiger partial charge in [0.15, 0.2) is 0 Å². The Morgan fingerprint density at radius 3 is 2.65 bits per heavy atom. The minimum absolute atomic E-state index is 0.0883. The molecule has 1 fully saturated rings. The van der Waals surface area contributed by atoms with Crippen LogP contribution in [-0.2, 0) is 0 Å². The molecule has 31 heavy (non-hydrogen) atoms. The maximum absolute atomic E-state index is 13.3. The fourth-order valence-corrected chi connectivity index (χ4v) is 4.09. The Morgan fingerprint density at radius 1 is 1.10 bits per heavy atom. The Hall–Kier alpha value is -3.35. The first kappa shape index (κ1) is 20.9. The second kappa shape index (κ2) is 9.20. The van der Waals surface area contributed by atoms with Gasteiger partial charge in [0.2, 0.25) is 0 Å². The van der Waals surface area contributed by atoms with Crippen LogP contribution in [0.1, 0.15) is 41.2 Å². The Balaban J connectivity index is 1.56. The number of carbonyl (C=O) groups is 1. The van der Waals surface area contributed by atoms with E-state index in [0.717, 1.165) is 30.4 Å². The lowest BCUT2D eigenvalue weighted by atomic mass is 9.94. The van der Waals surface area contributed by atoms with E-state index in [1.807, 2.05) is 35.2 Å². The number of rotatable bonds is 5. The highest BCUT2D eigenvalue weighted by Gasteiger charge is 2.25. The van der Waals surface area contributed by atoms with Crippen LogP contribution in [0.3, 0.4) is 0 Å². The minimum Gasteiger partial charge on any atom is -0.497 e. The van der Waals surface area contributed by atoms with Gasteiger partial charge in [-0.15, -0.1) is 0 Å². The lowest BCUT2D eigenvalue weighted by Crippen LogP contribution is -2.34. The van der Waals surface area contributed by atoms with E-state index < -0.39 is 0 Å². The lowest BCUT2D eigenvalue weighted by molar-refractivity contribution is 0.0748. The van der Waals surface area contributed by atoms with Gasteiger partial charge in [0.25, 0.3) is 5.91 Å². The van der Waals surface area contributed by atoms with Gasteiger partial charge in [-0.1, -0.05) is 18.6 Å². The van der Waals surface area contributed by atoms with E-state index in [1.54, 1.807) is 20.3 Å². The number of nitrogens with one attached hydrogen (secondary N) is 1. The van der Waals surface area contributed by atoms with Crippen LogP contribution < -0.4 is 9.47 Å². The molecule has 162 valence electrons. The molecule has 1 N–H and O–H groups in total. The van der Waals surface area contributed by atoms with Gasteiger partial charge in [-0.3, -0.25) is 9.89 Å². The summed E-state index contributed by atoms with van der Waals surface area (Å²) in [7, 11) is 3.19. The molecular weight excluding hydrogens is 397 g/mol. The quantitative estimate of drug-likeness (QED) is 0.649. The molecule has 0 bridgehead atoms. The van der Waals surface area contributed by atoms with Crippen molar-refractivity contribution in [2.24, 2.45) is 0 Å². The first-order valence-corrected chi connectivity index (χ1v) is 10.4. The van der Waals surface area contributed by atoms with Gasteiger partial charge >= 0.3 is 0 Å². The zero-order chi connectivity index (χ0) is 21.8. The smallest absolute Gasteiger partial charge is 0.271 e. The lowest BCUT2D eigenvalue weighted by Gasteiger charge is -2.24. The number of hydrogen-bond donors (Lipinski definition) is 1. The third-order valence-electron chi connectivity index (χ3n) is 5.79. The fourth-order valence-electron chi connectivity index (χ4n) is 4.09. The Bertz CT molecular complexity index is 1050. The number of hydrogen-bond acceptors (Lipinski definition) is 4. The summed E-state index contributed by atoms with van der Waals surface area (Å²) in [5, 5.41) is 7.23. The summed E-state index contributed by atoms with van der Waals surface area (Å²) in [5.41, 5.74) is 2.85. The van der Waals surface area contributed by atoms with Gasteiger partial charge in [0.1, 0.15) is 23.0 Å². The zero-order valence-electron chi connectivity index (χ0n) is 17.7. The summed E-state index contributed by atoms with van der Waals surface area (Å²) in [5.74, 6) is 1.18. The molecule has 2 aromatic carbocycles. The predicted octanol–water partition coefficient (Wildman–Crippen LogP) is 4.64. The first-order valence-electron chi connectivity index (χ1n) is 10.4. The van der Waals surface area contributed by atoms with Crippen molar-refractivity contribution in [1.29, 1.82) is 0 Å². The molecule has 1 saturated heterocycles. The maximum atomic E-state index is 13.3. The van der Waals surface area contributed by atoms with Crippen LogP contribution in [0.25, 0.3) is 11.3 Å². The monoisotopic (exact) mass is 423 g/mol. The highest BCUT2D eigenvalue weighted by Crippen LogP contribution is 2.33. The zero-order valence-corrected chi connectivity index (χ0v) is 17.7. The van der Waals surface area contributed by atoms with Crippen LogP contribution in [0.2, 0.25) is 0 Å². The summed E-state index contributed by atoms with van der Waals surface area (Å²) in [6.07, 6.45) is 2.94. The minimum atomic E-state index is -0.247. The predicted molar refractivity (Wildman–Crippen MR) is 116 cm³/mol. The molecule has 0 radical (unpaired) electrons. The van der Waals surface area contributed by atoms with Crippen LogP contribution in [0.4, 0.5) is 4.39 Å². The molecule has 1 aliphatic heterocycles. The SMILES string of the molecule is COc1ccc(OC)c(-c2cc(C(=O)N3CCCCC(c4ccc(F)cc4)C3)[nH]n2)c1. The van der Waals surface area contributed by atoms with Crippen LogP contribution in [0.15, 0.2) is 48.5 Å². The molecule has 0 aliphatic carbocycles. The Labute approximate surface area is 181 Å². The number of nitrogens with zero attached hydrogens (tertiary/aromatic N) is 2. The average Bonchev–Trinajstić information content (AvgIpc) is 3.16. The molecule has 1 aliphatic rings. The highest BCUT2D eigenvalue weighted by molar-refractivity contribution is 5.93. The standard InChI is InChI=1S/C24H26FN3O3/c1-30-19-10-11-23(31-2)20(13-19)21-14-22(27-26-21)24(29)28-12-4-3-5-17(15-28)16-6-8-18(25)9-7-16/h6-11,13-14,17H,3-5,12,15H2,1-2H3,(H,26,27). The average molecular weight is 423 g/mol. The normalized spacial score (nSPS) is 16.6. The molecule has 1 unspecified atom stereocenters. The van der Waals surface area contributed by atoms with Gasteiger partial charge < -0.3 is 14.4 Å². The first-order chi connectivity index (χ1) is 15.1. The number of amides is 1.